The molecule has 0 radical (unpaired) electrons. The fourth-order valence-electron chi connectivity index (χ4n) is 4.50. The molecule has 1 saturated heterocycles. The molecule has 168 valence electrons. The molecule has 2 unspecified atom stereocenters. The van der Waals surface area contributed by atoms with Gasteiger partial charge in [-0.05, 0) is 54.7 Å². The van der Waals surface area contributed by atoms with Gasteiger partial charge in [-0.25, -0.2) is 0 Å². The van der Waals surface area contributed by atoms with Crippen LogP contribution in [0.2, 0.25) is 0 Å². The summed E-state index contributed by atoms with van der Waals surface area (Å²) in [5, 5.41) is 11.2. The van der Waals surface area contributed by atoms with E-state index in [1.54, 1.807) is 18.1 Å². The molecular weight excluding hydrogens is 406 g/mol. The highest BCUT2D eigenvalue weighted by Gasteiger charge is 2.45. The number of carbonyl (C=O) groups excluding carboxylic acids is 2. The van der Waals surface area contributed by atoms with Crippen LogP contribution < -0.4 is 4.74 Å². The average Bonchev–Trinajstić information content (AvgIpc) is 3.29. The van der Waals surface area contributed by atoms with Crippen molar-refractivity contribution in [1.82, 2.24) is 4.90 Å². The number of ketones is 1. The summed E-state index contributed by atoms with van der Waals surface area (Å²) >= 11 is 0. The SMILES string of the molecule is CCc1ccc(C2/C(=C(/O)c3ccc4c(c3)CC(C)O4)C(=O)C(=O)N2CCCOC)cc1. The first kappa shape index (κ1) is 22.1. The minimum absolute atomic E-state index is 0.0749. The number of aliphatic hydroxyl groups is 1. The lowest BCUT2D eigenvalue weighted by Crippen LogP contribution is -2.31. The Labute approximate surface area is 188 Å². The summed E-state index contributed by atoms with van der Waals surface area (Å²) < 4.78 is 10.9. The molecule has 6 nitrogen and oxygen atoms in total. The summed E-state index contributed by atoms with van der Waals surface area (Å²) in [5.74, 6) is -0.606. The number of fused-ring (bicyclic) bond motifs is 1. The van der Waals surface area contributed by atoms with Crippen LogP contribution in [0.3, 0.4) is 0 Å². The zero-order valence-electron chi connectivity index (χ0n) is 18.8. The smallest absolute Gasteiger partial charge is 0.295 e. The van der Waals surface area contributed by atoms with Crippen LogP contribution in [0.5, 0.6) is 5.75 Å². The Morgan fingerprint density at radius 2 is 1.94 bits per heavy atom. The van der Waals surface area contributed by atoms with E-state index in [2.05, 4.69) is 6.92 Å². The van der Waals surface area contributed by atoms with Gasteiger partial charge in [-0.1, -0.05) is 31.2 Å². The molecular formula is C26H29NO5. The van der Waals surface area contributed by atoms with Crippen LogP contribution in [0.4, 0.5) is 0 Å². The van der Waals surface area contributed by atoms with E-state index < -0.39 is 17.7 Å². The molecule has 0 aliphatic carbocycles. The van der Waals surface area contributed by atoms with Crippen molar-refractivity contribution in [3.63, 3.8) is 0 Å². The summed E-state index contributed by atoms with van der Waals surface area (Å²) in [7, 11) is 1.60. The molecule has 2 heterocycles. The molecule has 4 rings (SSSR count). The number of benzene rings is 2. The Hall–Kier alpha value is -3.12. The van der Waals surface area contributed by atoms with Crippen molar-refractivity contribution < 1.29 is 24.2 Å². The largest absolute Gasteiger partial charge is 0.507 e. The second-order valence-electron chi connectivity index (χ2n) is 8.39. The summed E-state index contributed by atoms with van der Waals surface area (Å²) in [6, 6.07) is 12.6. The van der Waals surface area contributed by atoms with Crippen molar-refractivity contribution in [3.8, 4) is 5.75 Å². The van der Waals surface area contributed by atoms with Gasteiger partial charge in [-0.2, -0.15) is 0 Å². The minimum atomic E-state index is -0.658. The Kier molecular flexibility index (Phi) is 6.33. The van der Waals surface area contributed by atoms with Gasteiger partial charge in [0, 0.05) is 32.2 Å². The Morgan fingerprint density at radius 3 is 2.62 bits per heavy atom. The average molecular weight is 436 g/mol. The normalized spacial score (nSPS) is 21.7. The van der Waals surface area contributed by atoms with Crippen LogP contribution in [0.25, 0.3) is 5.76 Å². The van der Waals surface area contributed by atoms with Crippen molar-refractivity contribution in [2.45, 2.75) is 45.3 Å². The molecule has 2 atom stereocenters. The Bertz CT molecular complexity index is 1060. The van der Waals surface area contributed by atoms with Gasteiger partial charge in [0.2, 0.25) is 0 Å². The third-order valence-corrected chi connectivity index (χ3v) is 6.16. The Morgan fingerprint density at radius 1 is 1.19 bits per heavy atom. The van der Waals surface area contributed by atoms with Gasteiger partial charge in [-0.3, -0.25) is 9.59 Å². The molecule has 2 aromatic carbocycles. The monoisotopic (exact) mass is 435 g/mol. The molecule has 1 fully saturated rings. The number of aryl methyl sites for hydroxylation is 1. The van der Waals surface area contributed by atoms with Crippen molar-refractivity contribution in [1.29, 1.82) is 0 Å². The third-order valence-electron chi connectivity index (χ3n) is 6.16. The number of ether oxygens (including phenoxy) is 2. The van der Waals surface area contributed by atoms with E-state index in [0.717, 1.165) is 35.3 Å². The first-order chi connectivity index (χ1) is 15.4. The van der Waals surface area contributed by atoms with Crippen LogP contribution >= 0.6 is 0 Å². The second-order valence-corrected chi connectivity index (χ2v) is 8.39. The lowest BCUT2D eigenvalue weighted by atomic mass is 9.93. The molecule has 0 saturated carbocycles. The molecule has 0 bridgehead atoms. The van der Waals surface area contributed by atoms with Gasteiger partial charge < -0.3 is 19.5 Å². The molecule has 6 heteroatoms. The van der Waals surface area contributed by atoms with Gasteiger partial charge in [0.05, 0.1) is 11.6 Å². The summed E-state index contributed by atoms with van der Waals surface area (Å²) in [6.07, 6.45) is 2.31. The molecule has 2 aromatic rings. The fraction of sp³-hybridized carbons (Fsp3) is 0.385. The van der Waals surface area contributed by atoms with E-state index in [0.29, 0.717) is 25.1 Å². The van der Waals surface area contributed by atoms with E-state index in [1.165, 1.54) is 0 Å². The van der Waals surface area contributed by atoms with E-state index in [1.807, 2.05) is 43.3 Å². The van der Waals surface area contributed by atoms with E-state index in [9.17, 15) is 14.7 Å². The summed E-state index contributed by atoms with van der Waals surface area (Å²) in [4.78, 5) is 27.6. The second kappa shape index (κ2) is 9.17. The number of methoxy groups -OCH3 is 1. The van der Waals surface area contributed by atoms with Crippen LogP contribution in [-0.2, 0) is 27.2 Å². The first-order valence-corrected chi connectivity index (χ1v) is 11.1. The Balaban J connectivity index is 1.79. The highest BCUT2D eigenvalue weighted by atomic mass is 16.5. The van der Waals surface area contributed by atoms with E-state index in [-0.39, 0.29) is 17.4 Å². The van der Waals surface area contributed by atoms with Crippen LogP contribution in [-0.4, -0.2) is 48.1 Å². The molecule has 1 N–H and O–H groups in total. The molecule has 2 aliphatic heterocycles. The maximum Gasteiger partial charge on any atom is 0.295 e. The molecule has 32 heavy (non-hydrogen) atoms. The van der Waals surface area contributed by atoms with Gasteiger partial charge >= 0.3 is 0 Å². The topological polar surface area (TPSA) is 76.1 Å². The van der Waals surface area contributed by atoms with E-state index in [4.69, 9.17) is 9.47 Å². The zero-order valence-corrected chi connectivity index (χ0v) is 18.8. The fourth-order valence-corrected chi connectivity index (χ4v) is 4.50. The van der Waals surface area contributed by atoms with Crippen LogP contribution in [0.1, 0.15) is 48.6 Å². The lowest BCUT2D eigenvalue weighted by molar-refractivity contribution is -0.140. The highest BCUT2D eigenvalue weighted by Crippen LogP contribution is 2.40. The van der Waals surface area contributed by atoms with Crippen molar-refractivity contribution >= 4 is 17.4 Å². The zero-order chi connectivity index (χ0) is 22.8. The number of hydrogen-bond donors (Lipinski definition) is 1. The van der Waals surface area contributed by atoms with Crippen molar-refractivity contribution in [2.75, 3.05) is 20.3 Å². The van der Waals surface area contributed by atoms with Crippen LogP contribution in [0, 0.1) is 0 Å². The maximum atomic E-state index is 13.1. The first-order valence-electron chi connectivity index (χ1n) is 11.1. The number of nitrogens with zero attached hydrogens (tertiary/aromatic N) is 1. The van der Waals surface area contributed by atoms with Crippen molar-refractivity contribution in [2.24, 2.45) is 0 Å². The number of likely N-dealkylation sites (tertiary alicyclic amines) is 1. The number of rotatable bonds is 7. The molecule has 1 amide bonds. The number of amides is 1. The quantitative estimate of drug-likeness (QED) is 0.308. The van der Waals surface area contributed by atoms with Gasteiger partial charge in [0.15, 0.2) is 0 Å². The summed E-state index contributed by atoms with van der Waals surface area (Å²) in [6.45, 7) is 4.91. The van der Waals surface area contributed by atoms with Crippen molar-refractivity contribution in [3.05, 3.63) is 70.3 Å². The highest BCUT2D eigenvalue weighted by molar-refractivity contribution is 6.46. The minimum Gasteiger partial charge on any atom is -0.507 e. The standard InChI is InChI=1S/C26H29NO5/c1-4-17-6-8-18(9-7-17)23-22(25(29)26(30)27(23)12-5-13-31-3)24(28)19-10-11-21-20(15-19)14-16(2)32-21/h6-11,15-16,23,28H,4-5,12-14H2,1-3H3/b24-22-. The number of aliphatic hydroxyl groups excluding tert-OH is 1. The van der Waals surface area contributed by atoms with Crippen LogP contribution in [0.15, 0.2) is 48.0 Å². The lowest BCUT2D eigenvalue weighted by Gasteiger charge is -2.25. The predicted molar refractivity (Wildman–Crippen MR) is 122 cm³/mol. The summed E-state index contributed by atoms with van der Waals surface area (Å²) in [5.41, 5.74) is 3.60. The van der Waals surface area contributed by atoms with E-state index >= 15 is 0 Å². The molecule has 2 aliphatic rings. The van der Waals surface area contributed by atoms with Gasteiger partial charge in [0.25, 0.3) is 11.7 Å². The number of Topliss-reactive ketones (excluding diaryl/α,β-unsaturated/α-hetero) is 1. The predicted octanol–water partition coefficient (Wildman–Crippen LogP) is 4.03. The molecule has 0 aromatic heterocycles. The van der Waals surface area contributed by atoms with Gasteiger partial charge in [0.1, 0.15) is 17.6 Å². The van der Waals surface area contributed by atoms with Gasteiger partial charge in [-0.15, -0.1) is 0 Å². The third kappa shape index (κ3) is 4.02. The molecule has 0 spiro atoms. The number of hydrogen-bond acceptors (Lipinski definition) is 5. The number of carbonyl (C=O) groups is 2. The maximum absolute atomic E-state index is 13.1.